The summed E-state index contributed by atoms with van der Waals surface area (Å²) in [7, 11) is 0. The van der Waals surface area contributed by atoms with Gasteiger partial charge in [0.15, 0.2) is 6.61 Å². The van der Waals surface area contributed by atoms with Gasteiger partial charge in [0.2, 0.25) is 0 Å². The van der Waals surface area contributed by atoms with Crippen LogP contribution < -0.4 is 10.2 Å². The number of amides is 1. The van der Waals surface area contributed by atoms with E-state index < -0.39 is 0 Å². The highest BCUT2D eigenvalue weighted by molar-refractivity contribution is 9.11. The number of carbonyl (C=O) groups is 1. The highest BCUT2D eigenvalue weighted by atomic mass is 79.9. The molecule has 0 aromatic heterocycles. The Morgan fingerprint density at radius 3 is 2.68 bits per heavy atom. The molecule has 114 valence electrons. The molecule has 0 unspecified atom stereocenters. The number of nitrogens with zero attached hydrogens (tertiary/aromatic N) is 1. The predicted molar refractivity (Wildman–Crippen MR) is 91.2 cm³/mol. The lowest BCUT2D eigenvalue weighted by molar-refractivity contribution is -0.123. The number of halogens is 2. The zero-order valence-electron chi connectivity index (χ0n) is 11.3. The monoisotopic (exact) mass is 426 g/mol. The molecule has 0 aliphatic carbocycles. The third kappa shape index (κ3) is 4.85. The van der Waals surface area contributed by atoms with Crippen LogP contribution in [0.4, 0.5) is 0 Å². The summed E-state index contributed by atoms with van der Waals surface area (Å²) in [5.41, 5.74) is 2.98. The van der Waals surface area contributed by atoms with Gasteiger partial charge in [-0.15, -0.1) is 0 Å². The van der Waals surface area contributed by atoms with Crippen LogP contribution in [0.3, 0.4) is 0 Å². The van der Waals surface area contributed by atoms with Crippen molar-refractivity contribution in [3.05, 3.63) is 57.0 Å². The average molecular weight is 428 g/mol. The first kappa shape index (κ1) is 16.5. The normalized spacial score (nSPS) is 10.6. The summed E-state index contributed by atoms with van der Waals surface area (Å²) in [4.78, 5) is 11.6. The molecule has 0 saturated carbocycles. The molecule has 1 amide bonds. The van der Waals surface area contributed by atoms with Gasteiger partial charge in [-0.3, -0.25) is 4.79 Å². The van der Waals surface area contributed by atoms with Crippen LogP contribution in [0.2, 0.25) is 0 Å². The lowest BCUT2D eigenvalue weighted by atomic mass is 10.2. The maximum atomic E-state index is 11.6. The van der Waals surface area contributed by atoms with Crippen molar-refractivity contribution in [2.45, 2.75) is 0 Å². The van der Waals surface area contributed by atoms with Crippen molar-refractivity contribution in [1.29, 1.82) is 0 Å². The second kappa shape index (κ2) is 7.95. The number of hydrogen-bond donors (Lipinski definition) is 2. The van der Waals surface area contributed by atoms with Crippen molar-refractivity contribution < 1.29 is 14.6 Å². The number of nitrogens with one attached hydrogen (secondary N) is 1. The quantitative estimate of drug-likeness (QED) is 0.567. The van der Waals surface area contributed by atoms with E-state index in [1.807, 2.05) is 18.2 Å². The number of carbonyl (C=O) groups excluding carboxylic acids is 1. The number of hydrogen-bond acceptors (Lipinski definition) is 4. The third-order valence-corrected chi connectivity index (χ3v) is 3.89. The van der Waals surface area contributed by atoms with Crippen LogP contribution in [-0.2, 0) is 4.79 Å². The van der Waals surface area contributed by atoms with E-state index in [0.29, 0.717) is 15.8 Å². The maximum absolute atomic E-state index is 11.6. The van der Waals surface area contributed by atoms with Crippen molar-refractivity contribution in [3.63, 3.8) is 0 Å². The Balaban J connectivity index is 1.87. The highest BCUT2D eigenvalue weighted by Gasteiger charge is 2.04. The fourth-order valence-corrected chi connectivity index (χ4v) is 2.62. The summed E-state index contributed by atoms with van der Waals surface area (Å²) in [5.74, 6) is 0.322. The van der Waals surface area contributed by atoms with E-state index in [1.165, 1.54) is 12.3 Å². The fourth-order valence-electron chi connectivity index (χ4n) is 1.52. The molecule has 0 atom stereocenters. The van der Waals surface area contributed by atoms with Gasteiger partial charge in [0.05, 0.1) is 10.7 Å². The third-order valence-electron chi connectivity index (χ3n) is 2.57. The van der Waals surface area contributed by atoms with E-state index in [4.69, 9.17) is 4.74 Å². The molecule has 0 aliphatic rings. The van der Waals surface area contributed by atoms with Gasteiger partial charge < -0.3 is 9.84 Å². The first-order valence-corrected chi connectivity index (χ1v) is 7.82. The molecule has 0 saturated heterocycles. The van der Waals surface area contributed by atoms with Crippen LogP contribution in [0, 0.1) is 0 Å². The van der Waals surface area contributed by atoms with Crippen LogP contribution in [0.1, 0.15) is 5.56 Å². The second-order valence-corrected chi connectivity index (χ2v) is 5.93. The van der Waals surface area contributed by atoms with Gasteiger partial charge in [-0.25, -0.2) is 5.43 Å². The van der Waals surface area contributed by atoms with Crippen molar-refractivity contribution in [3.8, 4) is 11.5 Å². The molecule has 0 heterocycles. The number of hydrazone groups is 1. The molecule has 22 heavy (non-hydrogen) atoms. The lowest BCUT2D eigenvalue weighted by Gasteiger charge is -2.04. The summed E-state index contributed by atoms with van der Waals surface area (Å²) >= 11 is 6.54. The largest absolute Gasteiger partial charge is 0.507 e. The molecule has 0 bridgehead atoms. The topological polar surface area (TPSA) is 70.9 Å². The van der Waals surface area contributed by atoms with Crippen LogP contribution in [-0.4, -0.2) is 23.8 Å². The van der Waals surface area contributed by atoms with Gasteiger partial charge in [0.25, 0.3) is 5.91 Å². The number of aromatic hydroxyl groups is 1. The molecule has 2 aromatic rings. The molecule has 7 heteroatoms. The van der Waals surface area contributed by atoms with Gasteiger partial charge >= 0.3 is 0 Å². The molecule has 2 aromatic carbocycles. The Labute approximate surface area is 144 Å². The zero-order chi connectivity index (χ0) is 15.9. The summed E-state index contributed by atoms with van der Waals surface area (Å²) in [6.07, 6.45) is 1.43. The minimum absolute atomic E-state index is 0.0865. The van der Waals surface area contributed by atoms with Crippen LogP contribution in [0.5, 0.6) is 11.5 Å². The standard InChI is InChI=1S/C15H12Br2N2O3/c16-12-7-13(17)14(20)6-10(12)8-18-19-15(21)9-22-11-4-2-1-3-5-11/h1-8,20H,9H2,(H,19,21). The molecule has 5 nitrogen and oxygen atoms in total. The van der Waals surface area contributed by atoms with Gasteiger partial charge in [0.1, 0.15) is 11.5 Å². The van der Waals surface area contributed by atoms with Gasteiger partial charge in [0, 0.05) is 10.0 Å². The van der Waals surface area contributed by atoms with Crippen molar-refractivity contribution in [2.75, 3.05) is 6.61 Å². The Bertz CT molecular complexity index is 691. The van der Waals surface area contributed by atoms with Crippen molar-refractivity contribution in [1.82, 2.24) is 5.43 Å². The second-order valence-electron chi connectivity index (χ2n) is 4.22. The van der Waals surface area contributed by atoms with Crippen molar-refractivity contribution in [2.24, 2.45) is 5.10 Å². The fraction of sp³-hybridized carbons (Fsp3) is 0.0667. The van der Waals surface area contributed by atoms with Crippen LogP contribution in [0.25, 0.3) is 0 Å². The number of rotatable bonds is 5. The predicted octanol–water partition coefficient (Wildman–Crippen LogP) is 3.45. The minimum Gasteiger partial charge on any atom is -0.507 e. The first-order chi connectivity index (χ1) is 10.6. The number of ether oxygens (including phenoxy) is 1. The van der Waals surface area contributed by atoms with E-state index in [-0.39, 0.29) is 18.3 Å². The Hall–Kier alpha value is -1.86. The molecule has 2 N–H and O–H groups in total. The first-order valence-electron chi connectivity index (χ1n) is 6.24. The van der Waals surface area contributed by atoms with Crippen LogP contribution in [0.15, 0.2) is 56.5 Å². The van der Waals surface area contributed by atoms with Crippen molar-refractivity contribution >= 4 is 44.0 Å². The van der Waals surface area contributed by atoms with E-state index in [9.17, 15) is 9.90 Å². The number of benzene rings is 2. The molecule has 0 fully saturated rings. The highest BCUT2D eigenvalue weighted by Crippen LogP contribution is 2.29. The average Bonchev–Trinajstić information content (AvgIpc) is 2.51. The molecule has 0 aliphatic heterocycles. The molecule has 0 spiro atoms. The van der Waals surface area contributed by atoms with E-state index in [1.54, 1.807) is 18.2 Å². The summed E-state index contributed by atoms with van der Waals surface area (Å²) in [5, 5.41) is 13.4. The van der Waals surface area contributed by atoms with E-state index in [2.05, 4.69) is 42.4 Å². The van der Waals surface area contributed by atoms with Gasteiger partial charge in [-0.2, -0.15) is 5.10 Å². The van der Waals surface area contributed by atoms with Gasteiger partial charge in [-0.1, -0.05) is 34.1 Å². The number of para-hydroxylation sites is 1. The Morgan fingerprint density at radius 2 is 1.95 bits per heavy atom. The van der Waals surface area contributed by atoms with Gasteiger partial charge in [-0.05, 0) is 40.2 Å². The molecular weight excluding hydrogens is 416 g/mol. The van der Waals surface area contributed by atoms with E-state index in [0.717, 1.165) is 4.47 Å². The minimum atomic E-state index is -0.377. The number of phenolic OH excluding ortho intramolecular Hbond substituents is 1. The summed E-state index contributed by atoms with van der Waals surface area (Å²) in [6.45, 7) is -0.131. The summed E-state index contributed by atoms with van der Waals surface area (Å²) in [6, 6.07) is 12.2. The molecule has 0 radical (unpaired) electrons. The Kier molecular flexibility index (Phi) is 5.97. The zero-order valence-corrected chi connectivity index (χ0v) is 14.5. The number of phenols is 1. The lowest BCUT2D eigenvalue weighted by Crippen LogP contribution is -2.24. The SMILES string of the molecule is O=C(COc1ccccc1)NN=Cc1cc(O)c(Br)cc1Br. The summed E-state index contributed by atoms with van der Waals surface area (Å²) < 4.78 is 6.59. The van der Waals surface area contributed by atoms with E-state index >= 15 is 0 Å². The maximum Gasteiger partial charge on any atom is 0.277 e. The van der Waals surface area contributed by atoms with Crippen LogP contribution >= 0.6 is 31.9 Å². The molecule has 2 rings (SSSR count). The Morgan fingerprint density at radius 1 is 1.23 bits per heavy atom. The smallest absolute Gasteiger partial charge is 0.277 e. The molecular formula is C15H12Br2N2O3.